The highest BCUT2D eigenvalue weighted by Crippen LogP contribution is 2.25. The second-order valence-electron chi connectivity index (χ2n) is 3.64. The Labute approximate surface area is 102 Å². The van der Waals surface area contributed by atoms with Crippen molar-refractivity contribution in [3.63, 3.8) is 0 Å². The molecule has 0 bridgehead atoms. The molecule has 0 aromatic heterocycles. The molecule has 0 aliphatic heterocycles. The van der Waals surface area contributed by atoms with Crippen LogP contribution in [0, 0.1) is 11.6 Å². The maximum atomic E-state index is 13.0. The maximum absolute atomic E-state index is 13.0. The molecule has 2 rings (SSSR count). The van der Waals surface area contributed by atoms with Gasteiger partial charge >= 0.3 is 0 Å². The first-order valence-corrected chi connectivity index (χ1v) is 5.14. The van der Waals surface area contributed by atoms with Gasteiger partial charge in [0.2, 0.25) is 0 Å². The van der Waals surface area contributed by atoms with Gasteiger partial charge in [0.25, 0.3) is 0 Å². The van der Waals surface area contributed by atoms with Crippen molar-refractivity contribution in [2.24, 2.45) is 4.99 Å². The highest BCUT2D eigenvalue weighted by atomic mass is 19.2. The second kappa shape index (κ2) is 4.83. The fraction of sp³-hybridized carbons (Fsp3) is 0. The van der Waals surface area contributed by atoms with E-state index < -0.39 is 11.6 Å². The zero-order chi connectivity index (χ0) is 13.1. The Morgan fingerprint density at radius 2 is 1.78 bits per heavy atom. The van der Waals surface area contributed by atoms with Crippen LogP contribution in [0.1, 0.15) is 5.56 Å². The minimum absolute atomic E-state index is 0.0283. The Balaban J connectivity index is 2.35. The number of hydrogen-bond donors (Lipinski definition) is 2. The molecule has 0 spiro atoms. The van der Waals surface area contributed by atoms with Gasteiger partial charge in [0.05, 0.1) is 11.4 Å². The van der Waals surface area contributed by atoms with Gasteiger partial charge in [-0.3, -0.25) is 4.99 Å². The normalized spacial score (nSPS) is 11.0. The number of benzene rings is 2. The number of aromatic hydroxyl groups is 1. The minimum Gasteiger partial charge on any atom is -0.507 e. The van der Waals surface area contributed by atoms with Gasteiger partial charge in [-0.1, -0.05) is 12.1 Å². The summed E-state index contributed by atoms with van der Waals surface area (Å²) in [6.45, 7) is 0. The molecule has 0 amide bonds. The minimum atomic E-state index is -1.02. The zero-order valence-corrected chi connectivity index (χ0v) is 9.27. The molecule has 92 valence electrons. The predicted molar refractivity (Wildman–Crippen MR) is 66.1 cm³/mol. The molecule has 0 saturated carbocycles. The standard InChI is InChI=1S/C13H10F2N2O/c14-9-5-11(16)12(6-10(9)15)17-7-8-3-1-2-4-13(8)18/h1-7,18H,16H2. The lowest BCUT2D eigenvalue weighted by Crippen LogP contribution is -1.91. The molecule has 18 heavy (non-hydrogen) atoms. The Morgan fingerprint density at radius 1 is 1.11 bits per heavy atom. The topological polar surface area (TPSA) is 58.6 Å². The first-order chi connectivity index (χ1) is 8.58. The molecule has 0 aliphatic rings. The van der Waals surface area contributed by atoms with Crippen molar-refractivity contribution < 1.29 is 13.9 Å². The van der Waals surface area contributed by atoms with Gasteiger partial charge in [0.1, 0.15) is 5.75 Å². The maximum Gasteiger partial charge on any atom is 0.161 e. The lowest BCUT2D eigenvalue weighted by atomic mass is 10.2. The number of nitrogens with zero attached hydrogens (tertiary/aromatic N) is 1. The van der Waals surface area contributed by atoms with E-state index in [4.69, 9.17) is 5.73 Å². The van der Waals surface area contributed by atoms with E-state index in [0.717, 1.165) is 12.1 Å². The molecule has 0 atom stereocenters. The Kier molecular flexibility index (Phi) is 3.23. The van der Waals surface area contributed by atoms with Gasteiger partial charge in [0.15, 0.2) is 11.6 Å². The summed E-state index contributed by atoms with van der Waals surface area (Å²) < 4.78 is 25.9. The summed E-state index contributed by atoms with van der Waals surface area (Å²) in [5, 5.41) is 9.50. The van der Waals surface area contributed by atoms with Crippen molar-refractivity contribution in [3.05, 3.63) is 53.6 Å². The summed E-state index contributed by atoms with van der Waals surface area (Å²) in [6.07, 6.45) is 1.33. The van der Waals surface area contributed by atoms with Crippen molar-refractivity contribution in [2.75, 3.05) is 5.73 Å². The summed E-state index contributed by atoms with van der Waals surface area (Å²) >= 11 is 0. The number of aliphatic imine (C=N–C) groups is 1. The molecule has 2 aromatic rings. The molecule has 0 fully saturated rings. The SMILES string of the molecule is Nc1cc(F)c(F)cc1N=Cc1ccccc1O. The van der Waals surface area contributed by atoms with Crippen LogP contribution in [-0.2, 0) is 0 Å². The third-order valence-electron chi connectivity index (χ3n) is 2.35. The molecule has 3 N–H and O–H groups in total. The number of anilines is 1. The highest BCUT2D eigenvalue weighted by molar-refractivity contribution is 5.86. The van der Waals surface area contributed by atoms with Gasteiger partial charge in [-0.15, -0.1) is 0 Å². The zero-order valence-electron chi connectivity index (χ0n) is 9.27. The predicted octanol–water partition coefficient (Wildman–Crippen LogP) is 3.00. The average molecular weight is 248 g/mol. The quantitative estimate of drug-likeness (QED) is 0.634. The fourth-order valence-corrected chi connectivity index (χ4v) is 1.40. The summed E-state index contributed by atoms with van der Waals surface area (Å²) in [7, 11) is 0. The van der Waals surface area contributed by atoms with E-state index in [-0.39, 0.29) is 17.1 Å². The van der Waals surface area contributed by atoms with Crippen molar-refractivity contribution in [1.29, 1.82) is 0 Å². The molecule has 0 aliphatic carbocycles. The van der Waals surface area contributed by atoms with E-state index in [1.54, 1.807) is 18.2 Å². The summed E-state index contributed by atoms with van der Waals surface area (Å²) in [5.74, 6) is -2.00. The Morgan fingerprint density at radius 3 is 2.50 bits per heavy atom. The first-order valence-electron chi connectivity index (χ1n) is 5.14. The first kappa shape index (κ1) is 12.0. The third kappa shape index (κ3) is 2.45. The molecule has 5 heteroatoms. The third-order valence-corrected chi connectivity index (χ3v) is 2.35. The van der Waals surface area contributed by atoms with Crippen LogP contribution in [0.4, 0.5) is 20.2 Å². The van der Waals surface area contributed by atoms with Crippen LogP contribution in [0.5, 0.6) is 5.75 Å². The number of phenols is 1. The van der Waals surface area contributed by atoms with Crippen molar-refractivity contribution in [2.45, 2.75) is 0 Å². The second-order valence-corrected chi connectivity index (χ2v) is 3.64. The van der Waals surface area contributed by atoms with Gasteiger partial charge < -0.3 is 10.8 Å². The lowest BCUT2D eigenvalue weighted by molar-refractivity contribution is 0.474. The van der Waals surface area contributed by atoms with Crippen molar-refractivity contribution in [1.82, 2.24) is 0 Å². The molecule has 3 nitrogen and oxygen atoms in total. The molecule has 0 saturated heterocycles. The lowest BCUT2D eigenvalue weighted by Gasteiger charge is -2.01. The van der Waals surface area contributed by atoms with Crippen LogP contribution in [0.3, 0.4) is 0 Å². The van der Waals surface area contributed by atoms with Crippen LogP contribution in [-0.4, -0.2) is 11.3 Å². The van der Waals surface area contributed by atoms with Gasteiger partial charge in [-0.05, 0) is 12.1 Å². The molecular formula is C13H10F2N2O. The van der Waals surface area contributed by atoms with Crippen LogP contribution < -0.4 is 5.73 Å². The molecule has 0 unspecified atom stereocenters. The monoisotopic (exact) mass is 248 g/mol. The highest BCUT2D eigenvalue weighted by Gasteiger charge is 2.06. The summed E-state index contributed by atoms with van der Waals surface area (Å²) in [4.78, 5) is 3.92. The largest absolute Gasteiger partial charge is 0.507 e. The smallest absolute Gasteiger partial charge is 0.161 e. The van der Waals surface area contributed by atoms with E-state index in [2.05, 4.69) is 4.99 Å². The van der Waals surface area contributed by atoms with Crippen LogP contribution in [0.15, 0.2) is 41.4 Å². The number of hydrogen-bond acceptors (Lipinski definition) is 3. The average Bonchev–Trinajstić information content (AvgIpc) is 2.34. The van der Waals surface area contributed by atoms with Crippen molar-refractivity contribution >= 4 is 17.6 Å². The number of halogens is 2. The van der Waals surface area contributed by atoms with E-state index in [1.807, 2.05) is 0 Å². The van der Waals surface area contributed by atoms with Gasteiger partial charge in [-0.2, -0.15) is 0 Å². The summed E-state index contributed by atoms with van der Waals surface area (Å²) in [6, 6.07) is 8.28. The Bertz CT molecular complexity index is 612. The fourth-order valence-electron chi connectivity index (χ4n) is 1.40. The van der Waals surface area contributed by atoms with Crippen LogP contribution in [0.2, 0.25) is 0 Å². The van der Waals surface area contributed by atoms with Crippen LogP contribution >= 0.6 is 0 Å². The number of phenolic OH excluding ortho intramolecular Hbond substituents is 1. The number of nitrogen functional groups attached to an aromatic ring is 1. The number of nitrogens with two attached hydrogens (primary N) is 1. The van der Waals surface area contributed by atoms with Crippen LogP contribution in [0.25, 0.3) is 0 Å². The molecule has 0 heterocycles. The van der Waals surface area contributed by atoms with E-state index >= 15 is 0 Å². The van der Waals surface area contributed by atoms with Gasteiger partial charge in [-0.25, -0.2) is 8.78 Å². The Hall–Kier alpha value is -2.43. The molecule has 2 aromatic carbocycles. The van der Waals surface area contributed by atoms with E-state index in [1.165, 1.54) is 12.3 Å². The molecular weight excluding hydrogens is 238 g/mol. The number of rotatable bonds is 2. The van der Waals surface area contributed by atoms with E-state index in [0.29, 0.717) is 5.56 Å². The van der Waals surface area contributed by atoms with Gasteiger partial charge in [0, 0.05) is 23.9 Å². The van der Waals surface area contributed by atoms with Crippen molar-refractivity contribution in [3.8, 4) is 5.75 Å². The van der Waals surface area contributed by atoms with E-state index in [9.17, 15) is 13.9 Å². The summed E-state index contributed by atoms with van der Waals surface area (Å²) in [5.41, 5.74) is 6.11. The molecule has 0 radical (unpaired) electrons. The number of para-hydroxylation sites is 1.